The van der Waals surface area contributed by atoms with Crippen LogP contribution in [0.5, 0.6) is 0 Å². The molecule has 4 rings (SSSR count). The predicted octanol–water partition coefficient (Wildman–Crippen LogP) is 3.57. The maximum Gasteiger partial charge on any atom is 0.243 e. The fraction of sp³-hybridized carbons (Fsp3) is 0.316. The van der Waals surface area contributed by atoms with Crippen LogP contribution in [0, 0.1) is 0 Å². The van der Waals surface area contributed by atoms with Crippen molar-refractivity contribution in [2.75, 3.05) is 13.1 Å². The molecule has 0 bridgehead atoms. The Morgan fingerprint density at radius 1 is 0.920 bits per heavy atom. The third kappa shape index (κ3) is 3.19. The standard InChI is InChI=1S/C19H21N3O2S/c23-25(24,22-12-4-1-2-5-13-22)17-9-7-8-16(14-17)18-15-21-11-6-3-10-19(21)20-18/h3,6-11,14-15H,1-2,4-5,12-13H2. The molecule has 3 heterocycles. The van der Waals surface area contributed by atoms with Crippen LogP contribution < -0.4 is 0 Å². The number of hydrogen-bond acceptors (Lipinski definition) is 3. The molecule has 1 fully saturated rings. The minimum atomic E-state index is -3.45. The Bertz CT molecular complexity index is 954. The van der Waals surface area contributed by atoms with Gasteiger partial charge in [0.1, 0.15) is 5.65 Å². The van der Waals surface area contributed by atoms with E-state index in [2.05, 4.69) is 4.98 Å². The smallest absolute Gasteiger partial charge is 0.243 e. The Labute approximate surface area is 148 Å². The van der Waals surface area contributed by atoms with Crippen LogP contribution in [0.1, 0.15) is 25.7 Å². The van der Waals surface area contributed by atoms with Gasteiger partial charge in [-0.2, -0.15) is 4.31 Å². The fourth-order valence-corrected chi connectivity index (χ4v) is 4.88. The van der Waals surface area contributed by atoms with Crippen LogP contribution in [0.4, 0.5) is 0 Å². The molecule has 25 heavy (non-hydrogen) atoms. The summed E-state index contributed by atoms with van der Waals surface area (Å²) in [5, 5.41) is 0. The second kappa shape index (κ2) is 6.61. The van der Waals surface area contributed by atoms with Crippen LogP contribution in [0.15, 0.2) is 59.8 Å². The van der Waals surface area contributed by atoms with Crippen LogP contribution in [0.25, 0.3) is 16.9 Å². The number of sulfonamides is 1. The van der Waals surface area contributed by atoms with Crippen LogP contribution in [-0.4, -0.2) is 35.2 Å². The summed E-state index contributed by atoms with van der Waals surface area (Å²) in [5.74, 6) is 0. The molecule has 5 nitrogen and oxygen atoms in total. The summed E-state index contributed by atoms with van der Waals surface area (Å²) in [6, 6.07) is 12.9. The van der Waals surface area contributed by atoms with Crippen LogP contribution in [-0.2, 0) is 10.0 Å². The maximum atomic E-state index is 13.0. The maximum absolute atomic E-state index is 13.0. The zero-order valence-corrected chi connectivity index (χ0v) is 14.8. The average molecular weight is 355 g/mol. The highest BCUT2D eigenvalue weighted by Crippen LogP contribution is 2.25. The number of rotatable bonds is 3. The first kappa shape index (κ1) is 16.3. The molecule has 1 aliphatic heterocycles. The van der Waals surface area contributed by atoms with Crippen molar-refractivity contribution >= 4 is 15.7 Å². The van der Waals surface area contributed by atoms with Crippen molar-refractivity contribution in [2.45, 2.75) is 30.6 Å². The van der Waals surface area contributed by atoms with Gasteiger partial charge in [-0.3, -0.25) is 0 Å². The first-order valence-corrected chi connectivity index (χ1v) is 10.1. The van der Waals surface area contributed by atoms with Gasteiger partial charge >= 0.3 is 0 Å². The number of imidazole rings is 1. The Balaban J connectivity index is 1.71. The van der Waals surface area contributed by atoms with Crippen molar-refractivity contribution in [1.82, 2.24) is 13.7 Å². The summed E-state index contributed by atoms with van der Waals surface area (Å²) < 4.78 is 29.6. The fourth-order valence-electron chi connectivity index (χ4n) is 3.32. The van der Waals surface area contributed by atoms with Gasteiger partial charge in [0.2, 0.25) is 10.0 Å². The van der Waals surface area contributed by atoms with Gasteiger partial charge in [0.05, 0.1) is 10.6 Å². The Morgan fingerprint density at radius 3 is 2.48 bits per heavy atom. The molecule has 1 saturated heterocycles. The van der Waals surface area contributed by atoms with Crippen molar-refractivity contribution in [3.05, 3.63) is 54.9 Å². The van der Waals surface area contributed by atoms with Gasteiger partial charge in [-0.05, 0) is 37.1 Å². The number of fused-ring (bicyclic) bond motifs is 1. The normalized spacial score (nSPS) is 16.8. The van der Waals surface area contributed by atoms with Gasteiger partial charge in [0.25, 0.3) is 0 Å². The molecule has 1 aliphatic rings. The molecule has 6 heteroatoms. The topological polar surface area (TPSA) is 54.7 Å². The average Bonchev–Trinajstić information content (AvgIpc) is 2.87. The summed E-state index contributed by atoms with van der Waals surface area (Å²) >= 11 is 0. The molecule has 0 radical (unpaired) electrons. The molecular formula is C19H21N3O2S. The van der Waals surface area contributed by atoms with E-state index in [1.807, 2.05) is 41.1 Å². The third-order valence-electron chi connectivity index (χ3n) is 4.70. The van der Waals surface area contributed by atoms with Crippen molar-refractivity contribution in [1.29, 1.82) is 0 Å². The van der Waals surface area contributed by atoms with E-state index in [0.29, 0.717) is 18.0 Å². The SMILES string of the molecule is O=S(=O)(c1cccc(-c2cn3ccccc3n2)c1)N1CCCCCC1. The summed E-state index contributed by atoms with van der Waals surface area (Å²) in [7, 11) is -3.45. The molecule has 0 saturated carbocycles. The number of pyridine rings is 1. The lowest BCUT2D eigenvalue weighted by Crippen LogP contribution is -2.31. The zero-order valence-electron chi connectivity index (χ0n) is 14.0. The van der Waals surface area contributed by atoms with E-state index in [-0.39, 0.29) is 0 Å². The Kier molecular flexibility index (Phi) is 4.31. The molecule has 0 aliphatic carbocycles. The first-order chi connectivity index (χ1) is 12.1. The van der Waals surface area contributed by atoms with Gasteiger partial charge in [0, 0.05) is 31.0 Å². The Hall–Kier alpha value is -2.18. The molecule has 2 aromatic heterocycles. The highest BCUT2D eigenvalue weighted by atomic mass is 32.2. The molecule has 1 aromatic carbocycles. The molecule has 130 valence electrons. The van der Waals surface area contributed by atoms with Crippen LogP contribution in [0.2, 0.25) is 0 Å². The molecule has 0 unspecified atom stereocenters. The van der Waals surface area contributed by atoms with E-state index in [1.165, 1.54) is 0 Å². The molecule has 0 spiro atoms. The predicted molar refractivity (Wildman–Crippen MR) is 97.9 cm³/mol. The van der Waals surface area contributed by atoms with Gasteiger partial charge in [0.15, 0.2) is 0 Å². The number of hydrogen-bond donors (Lipinski definition) is 0. The van der Waals surface area contributed by atoms with E-state index in [9.17, 15) is 8.42 Å². The summed E-state index contributed by atoms with van der Waals surface area (Å²) in [6.07, 6.45) is 7.94. The summed E-state index contributed by atoms with van der Waals surface area (Å²) in [5.41, 5.74) is 2.44. The highest BCUT2D eigenvalue weighted by Gasteiger charge is 2.25. The third-order valence-corrected chi connectivity index (χ3v) is 6.59. The first-order valence-electron chi connectivity index (χ1n) is 8.69. The van der Waals surface area contributed by atoms with Gasteiger partial charge in [-0.15, -0.1) is 0 Å². The van der Waals surface area contributed by atoms with E-state index < -0.39 is 10.0 Å². The summed E-state index contributed by atoms with van der Waals surface area (Å²) in [6.45, 7) is 1.22. The highest BCUT2D eigenvalue weighted by molar-refractivity contribution is 7.89. The molecule has 3 aromatic rings. The van der Waals surface area contributed by atoms with Crippen molar-refractivity contribution in [3.8, 4) is 11.3 Å². The molecular weight excluding hydrogens is 334 g/mol. The van der Waals surface area contributed by atoms with Gasteiger partial charge in [-0.25, -0.2) is 13.4 Å². The van der Waals surface area contributed by atoms with Gasteiger partial charge < -0.3 is 4.40 Å². The minimum Gasteiger partial charge on any atom is -0.306 e. The lowest BCUT2D eigenvalue weighted by Gasteiger charge is -2.20. The van der Waals surface area contributed by atoms with E-state index >= 15 is 0 Å². The van der Waals surface area contributed by atoms with Crippen LogP contribution in [0.3, 0.4) is 0 Å². The number of benzene rings is 1. The van der Waals surface area contributed by atoms with Gasteiger partial charge in [-0.1, -0.05) is 31.0 Å². The Morgan fingerprint density at radius 2 is 1.72 bits per heavy atom. The lowest BCUT2D eigenvalue weighted by molar-refractivity contribution is 0.424. The minimum absolute atomic E-state index is 0.351. The second-order valence-electron chi connectivity index (χ2n) is 6.44. The second-order valence-corrected chi connectivity index (χ2v) is 8.38. The quantitative estimate of drug-likeness (QED) is 0.722. The van der Waals surface area contributed by atoms with Crippen LogP contribution >= 0.6 is 0 Å². The molecule has 0 atom stereocenters. The van der Waals surface area contributed by atoms with Crippen molar-refractivity contribution in [2.24, 2.45) is 0 Å². The lowest BCUT2D eigenvalue weighted by atomic mass is 10.2. The van der Waals surface area contributed by atoms with E-state index in [1.54, 1.807) is 22.5 Å². The monoisotopic (exact) mass is 355 g/mol. The molecule has 0 N–H and O–H groups in total. The van der Waals surface area contributed by atoms with Crippen molar-refractivity contribution < 1.29 is 8.42 Å². The zero-order chi connectivity index (χ0) is 17.3. The van der Waals surface area contributed by atoms with Crippen molar-refractivity contribution in [3.63, 3.8) is 0 Å². The summed E-state index contributed by atoms with van der Waals surface area (Å²) in [4.78, 5) is 4.94. The largest absolute Gasteiger partial charge is 0.306 e. The number of aromatic nitrogens is 2. The van der Waals surface area contributed by atoms with E-state index in [4.69, 9.17) is 0 Å². The molecule has 0 amide bonds. The number of nitrogens with zero attached hydrogens (tertiary/aromatic N) is 3. The van der Waals surface area contributed by atoms with E-state index in [0.717, 1.165) is 42.6 Å².